The van der Waals surface area contributed by atoms with Crippen molar-refractivity contribution in [3.63, 3.8) is 0 Å². The number of hydrogen-bond acceptors (Lipinski definition) is 3. The van der Waals surface area contributed by atoms with Crippen molar-refractivity contribution in [1.82, 2.24) is 0 Å². The largest absolute Gasteiger partial charge is 0.373 e. The molecule has 0 radical (unpaired) electrons. The molecular weight excluding hydrogens is 262 g/mol. The van der Waals surface area contributed by atoms with Crippen LogP contribution in [0.1, 0.15) is 96.8 Å². The number of nitrogens with two attached hydrogens (primary N) is 1. The Balaban J connectivity index is 3.10. The number of carbonyl (C=O) groups is 1. The van der Waals surface area contributed by atoms with Crippen LogP contribution in [0, 0.1) is 0 Å². The van der Waals surface area contributed by atoms with Gasteiger partial charge in [0.05, 0.1) is 0 Å². The van der Waals surface area contributed by atoms with Gasteiger partial charge in [-0.2, -0.15) is 5.90 Å². The molecule has 0 heterocycles. The van der Waals surface area contributed by atoms with Crippen LogP contribution in [0.2, 0.25) is 0 Å². The van der Waals surface area contributed by atoms with Crippen LogP contribution < -0.4 is 5.90 Å². The van der Waals surface area contributed by atoms with E-state index < -0.39 is 0 Å². The Bertz CT molecular complexity index is 252. The molecule has 0 aromatic carbocycles. The maximum Gasteiger partial charge on any atom is 0.324 e. The Morgan fingerprint density at radius 2 is 1.29 bits per heavy atom. The van der Waals surface area contributed by atoms with E-state index in [0.717, 1.165) is 12.8 Å². The van der Waals surface area contributed by atoms with E-state index in [9.17, 15) is 4.79 Å². The smallest absolute Gasteiger partial charge is 0.324 e. The molecule has 0 aliphatic heterocycles. The number of rotatable bonds is 15. The summed E-state index contributed by atoms with van der Waals surface area (Å²) in [6.45, 7) is 2.26. The van der Waals surface area contributed by atoms with E-state index in [1.807, 2.05) is 0 Å². The molecule has 0 bridgehead atoms. The monoisotopic (exact) mass is 297 g/mol. The minimum Gasteiger partial charge on any atom is -0.373 e. The van der Waals surface area contributed by atoms with Gasteiger partial charge in [0, 0.05) is 6.42 Å². The number of unbranched alkanes of at least 4 members (excludes halogenated alkanes) is 11. The van der Waals surface area contributed by atoms with Crippen LogP contribution in [-0.2, 0) is 9.63 Å². The van der Waals surface area contributed by atoms with Crippen LogP contribution >= 0.6 is 0 Å². The predicted molar refractivity (Wildman–Crippen MR) is 89.7 cm³/mol. The Morgan fingerprint density at radius 1 is 0.810 bits per heavy atom. The molecule has 0 saturated heterocycles. The Labute approximate surface area is 131 Å². The average molecular weight is 297 g/mol. The average Bonchev–Trinajstić information content (AvgIpc) is 2.50. The van der Waals surface area contributed by atoms with Crippen LogP contribution in [-0.4, -0.2) is 5.97 Å². The predicted octanol–water partition coefficient (Wildman–Crippen LogP) is 5.44. The molecule has 0 rings (SSSR count). The van der Waals surface area contributed by atoms with Gasteiger partial charge < -0.3 is 4.84 Å². The zero-order valence-corrected chi connectivity index (χ0v) is 13.9. The standard InChI is InChI=1S/C18H35NO2/c1-2-3-4-5-6-7-8-9-10-11-12-13-14-15-16-17-18(20)21-19/h9-10H,2-8,11-17,19H2,1H3. The van der Waals surface area contributed by atoms with Crippen molar-refractivity contribution in [2.45, 2.75) is 96.8 Å². The highest BCUT2D eigenvalue weighted by Gasteiger charge is 1.99. The third-order valence-electron chi connectivity index (χ3n) is 3.77. The lowest BCUT2D eigenvalue weighted by Gasteiger charge is -2.00. The lowest BCUT2D eigenvalue weighted by Crippen LogP contribution is -2.08. The highest BCUT2D eigenvalue weighted by molar-refractivity contribution is 5.68. The number of hydrogen-bond donors (Lipinski definition) is 1. The van der Waals surface area contributed by atoms with Crippen molar-refractivity contribution >= 4 is 5.97 Å². The first-order valence-electron chi connectivity index (χ1n) is 8.85. The molecule has 124 valence electrons. The van der Waals surface area contributed by atoms with Crippen LogP contribution in [0.3, 0.4) is 0 Å². The van der Waals surface area contributed by atoms with Crippen molar-refractivity contribution in [1.29, 1.82) is 0 Å². The summed E-state index contributed by atoms with van der Waals surface area (Å²) in [5, 5.41) is 0. The molecule has 0 saturated carbocycles. The minimum absolute atomic E-state index is 0.298. The van der Waals surface area contributed by atoms with Gasteiger partial charge in [-0.1, -0.05) is 70.4 Å². The quantitative estimate of drug-likeness (QED) is 0.249. The maximum absolute atomic E-state index is 10.8. The summed E-state index contributed by atoms with van der Waals surface area (Å²) in [6, 6.07) is 0. The molecule has 0 spiro atoms. The highest BCUT2D eigenvalue weighted by atomic mass is 16.7. The van der Waals surface area contributed by atoms with Crippen LogP contribution in [0.5, 0.6) is 0 Å². The molecule has 3 nitrogen and oxygen atoms in total. The summed E-state index contributed by atoms with van der Waals surface area (Å²) >= 11 is 0. The summed E-state index contributed by atoms with van der Waals surface area (Å²) in [7, 11) is 0. The fraction of sp³-hybridized carbons (Fsp3) is 0.833. The summed E-state index contributed by atoms with van der Waals surface area (Å²) < 4.78 is 0. The zero-order chi connectivity index (χ0) is 15.6. The van der Waals surface area contributed by atoms with E-state index in [0.29, 0.717) is 6.42 Å². The van der Waals surface area contributed by atoms with Crippen molar-refractivity contribution in [2.24, 2.45) is 5.90 Å². The first kappa shape index (κ1) is 20.2. The second kappa shape index (κ2) is 17.2. The van der Waals surface area contributed by atoms with E-state index in [2.05, 4.69) is 23.9 Å². The molecule has 3 heteroatoms. The Kier molecular flexibility index (Phi) is 16.5. The van der Waals surface area contributed by atoms with E-state index in [-0.39, 0.29) is 5.97 Å². The summed E-state index contributed by atoms with van der Waals surface area (Å²) in [6.07, 6.45) is 21.5. The number of carbonyl (C=O) groups excluding carboxylic acids is 1. The van der Waals surface area contributed by atoms with E-state index in [4.69, 9.17) is 5.90 Å². The van der Waals surface area contributed by atoms with Gasteiger partial charge in [0.25, 0.3) is 0 Å². The lowest BCUT2D eigenvalue weighted by molar-refractivity contribution is -0.144. The molecule has 0 amide bonds. The molecule has 2 N–H and O–H groups in total. The Morgan fingerprint density at radius 3 is 1.81 bits per heavy atom. The molecule has 21 heavy (non-hydrogen) atoms. The highest BCUT2D eigenvalue weighted by Crippen LogP contribution is 2.09. The van der Waals surface area contributed by atoms with Gasteiger partial charge in [0.1, 0.15) is 0 Å². The van der Waals surface area contributed by atoms with Crippen LogP contribution in [0.15, 0.2) is 12.2 Å². The SMILES string of the molecule is CCCCCCCCC=CCCCCCCCC(=O)ON. The molecule has 0 aliphatic rings. The molecule has 0 unspecified atom stereocenters. The van der Waals surface area contributed by atoms with Gasteiger partial charge in [-0.05, 0) is 32.1 Å². The zero-order valence-electron chi connectivity index (χ0n) is 13.9. The van der Waals surface area contributed by atoms with E-state index in [1.165, 1.54) is 70.6 Å². The second-order valence-electron chi connectivity index (χ2n) is 5.82. The minimum atomic E-state index is -0.298. The normalized spacial score (nSPS) is 11.1. The van der Waals surface area contributed by atoms with Gasteiger partial charge in [-0.15, -0.1) is 0 Å². The fourth-order valence-electron chi connectivity index (χ4n) is 2.40. The van der Waals surface area contributed by atoms with E-state index in [1.54, 1.807) is 0 Å². The van der Waals surface area contributed by atoms with E-state index >= 15 is 0 Å². The summed E-state index contributed by atoms with van der Waals surface area (Å²) in [4.78, 5) is 14.9. The van der Waals surface area contributed by atoms with Gasteiger partial charge in [-0.3, -0.25) is 4.79 Å². The lowest BCUT2D eigenvalue weighted by atomic mass is 10.1. The molecule has 0 aromatic heterocycles. The fourth-order valence-corrected chi connectivity index (χ4v) is 2.40. The third kappa shape index (κ3) is 17.1. The maximum atomic E-state index is 10.8. The third-order valence-corrected chi connectivity index (χ3v) is 3.77. The molecule has 0 fully saturated rings. The van der Waals surface area contributed by atoms with Gasteiger partial charge >= 0.3 is 5.97 Å². The van der Waals surface area contributed by atoms with Crippen LogP contribution in [0.4, 0.5) is 0 Å². The van der Waals surface area contributed by atoms with Gasteiger partial charge in [-0.25, -0.2) is 0 Å². The van der Waals surface area contributed by atoms with Crippen LogP contribution in [0.25, 0.3) is 0 Å². The van der Waals surface area contributed by atoms with Crippen molar-refractivity contribution in [3.05, 3.63) is 12.2 Å². The first-order chi connectivity index (χ1) is 10.3. The second-order valence-corrected chi connectivity index (χ2v) is 5.82. The van der Waals surface area contributed by atoms with Gasteiger partial charge in [0.15, 0.2) is 0 Å². The van der Waals surface area contributed by atoms with Gasteiger partial charge in [0.2, 0.25) is 0 Å². The first-order valence-corrected chi connectivity index (χ1v) is 8.85. The Hall–Kier alpha value is -0.830. The van der Waals surface area contributed by atoms with Crippen molar-refractivity contribution in [2.75, 3.05) is 0 Å². The molecule has 0 aromatic rings. The number of allylic oxidation sites excluding steroid dienone is 2. The summed E-state index contributed by atoms with van der Waals surface area (Å²) in [5.74, 6) is 4.48. The van der Waals surface area contributed by atoms with Crippen molar-refractivity contribution < 1.29 is 9.63 Å². The molecule has 0 atom stereocenters. The van der Waals surface area contributed by atoms with Crippen molar-refractivity contribution in [3.8, 4) is 0 Å². The summed E-state index contributed by atoms with van der Waals surface area (Å²) in [5.41, 5.74) is 0. The molecular formula is C18H35NO2. The topological polar surface area (TPSA) is 52.3 Å². The molecule has 0 aliphatic carbocycles.